The minimum absolute atomic E-state index is 0.0924. The maximum absolute atomic E-state index is 11.5. The first kappa shape index (κ1) is 13.5. The molecule has 17 heavy (non-hydrogen) atoms. The van der Waals surface area contributed by atoms with Crippen molar-refractivity contribution in [3.63, 3.8) is 0 Å². The molecule has 0 radical (unpaired) electrons. The minimum atomic E-state index is -0.601. The largest absolute Gasteiger partial charge is 0.394 e. The summed E-state index contributed by atoms with van der Waals surface area (Å²) in [7, 11) is 0. The second-order valence-electron chi connectivity index (χ2n) is 4.84. The molecule has 1 aromatic rings. The fourth-order valence-corrected chi connectivity index (χ4v) is 1.40. The van der Waals surface area contributed by atoms with Gasteiger partial charge in [-0.2, -0.15) is 0 Å². The Morgan fingerprint density at radius 1 is 1.41 bits per heavy atom. The summed E-state index contributed by atoms with van der Waals surface area (Å²) >= 11 is 0. The first-order valence-electron chi connectivity index (χ1n) is 5.65. The highest BCUT2D eigenvalue weighted by Gasteiger charge is 2.18. The van der Waals surface area contributed by atoms with Gasteiger partial charge in [-0.1, -0.05) is 29.8 Å². The molecule has 0 heterocycles. The highest BCUT2D eigenvalue weighted by atomic mass is 16.3. The number of urea groups is 1. The van der Waals surface area contributed by atoms with Crippen LogP contribution >= 0.6 is 0 Å². The normalized spacial score (nSPS) is 11.1. The lowest BCUT2D eigenvalue weighted by atomic mass is 10.1. The van der Waals surface area contributed by atoms with Gasteiger partial charge in [-0.25, -0.2) is 4.79 Å². The van der Waals surface area contributed by atoms with Crippen molar-refractivity contribution in [3.8, 4) is 0 Å². The Balaban J connectivity index is 2.44. The van der Waals surface area contributed by atoms with Crippen molar-refractivity contribution < 1.29 is 9.90 Å². The van der Waals surface area contributed by atoms with Gasteiger partial charge in [0, 0.05) is 6.54 Å². The average Bonchev–Trinajstić information content (AvgIpc) is 2.26. The van der Waals surface area contributed by atoms with Crippen LogP contribution in [0.5, 0.6) is 0 Å². The van der Waals surface area contributed by atoms with Gasteiger partial charge in [0.15, 0.2) is 0 Å². The molecule has 0 saturated heterocycles. The second kappa shape index (κ2) is 5.68. The van der Waals surface area contributed by atoms with E-state index in [9.17, 15) is 4.79 Å². The molecule has 1 rings (SSSR count). The molecule has 3 N–H and O–H groups in total. The lowest BCUT2D eigenvalue weighted by molar-refractivity contribution is 0.182. The van der Waals surface area contributed by atoms with E-state index < -0.39 is 5.54 Å². The zero-order valence-corrected chi connectivity index (χ0v) is 10.6. The first-order valence-corrected chi connectivity index (χ1v) is 5.65. The second-order valence-corrected chi connectivity index (χ2v) is 4.84. The van der Waals surface area contributed by atoms with E-state index in [1.54, 1.807) is 13.8 Å². The summed E-state index contributed by atoms with van der Waals surface area (Å²) in [6, 6.07) is 7.69. The maximum Gasteiger partial charge on any atom is 0.315 e. The van der Waals surface area contributed by atoms with E-state index in [0.29, 0.717) is 6.54 Å². The Hall–Kier alpha value is -1.55. The Bertz CT molecular complexity index is 389. The fourth-order valence-electron chi connectivity index (χ4n) is 1.40. The number of aliphatic hydroxyl groups excluding tert-OH is 1. The molecule has 94 valence electrons. The molecule has 0 spiro atoms. The van der Waals surface area contributed by atoms with Gasteiger partial charge in [-0.05, 0) is 26.3 Å². The van der Waals surface area contributed by atoms with Crippen LogP contribution in [-0.2, 0) is 6.54 Å². The topological polar surface area (TPSA) is 61.4 Å². The van der Waals surface area contributed by atoms with Crippen LogP contribution in [0.15, 0.2) is 24.3 Å². The number of hydrogen-bond acceptors (Lipinski definition) is 2. The quantitative estimate of drug-likeness (QED) is 0.743. The zero-order chi connectivity index (χ0) is 12.9. The van der Waals surface area contributed by atoms with E-state index in [2.05, 4.69) is 10.6 Å². The number of benzene rings is 1. The third-order valence-corrected chi connectivity index (χ3v) is 2.38. The predicted octanol–water partition coefficient (Wildman–Crippen LogP) is 1.57. The molecule has 4 heteroatoms. The summed E-state index contributed by atoms with van der Waals surface area (Å²) in [5, 5.41) is 14.5. The molecule has 0 saturated carbocycles. The van der Waals surface area contributed by atoms with Crippen molar-refractivity contribution in [2.24, 2.45) is 0 Å². The summed E-state index contributed by atoms with van der Waals surface area (Å²) in [5.41, 5.74) is 1.62. The number of aryl methyl sites for hydroxylation is 1. The Morgan fingerprint density at radius 2 is 2.12 bits per heavy atom. The van der Waals surface area contributed by atoms with Gasteiger partial charge in [0.25, 0.3) is 0 Å². The molecule has 0 unspecified atom stereocenters. The van der Waals surface area contributed by atoms with Gasteiger partial charge in [-0.3, -0.25) is 0 Å². The van der Waals surface area contributed by atoms with Crippen LogP contribution in [-0.4, -0.2) is 23.3 Å². The molecular formula is C13H20N2O2. The summed E-state index contributed by atoms with van der Waals surface area (Å²) < 4.78 is 0. The van der Waals surface area contributed by atoms with E-state index >= 15 is 0 Å². The van der Waals surface area contributed by atoms with Gasteiger partial charge in [0.1, 0.15) is 0 Å². The van der Waals surface area contributed by atoms with Gasteiger partial charge in [-0.15, -0.1) is 0 Å². The smallest absolute Gasteiger partial charge is 0.315 e. The standard InChI is InChI=1S/C13H20N2O2/c1-10-5-4-6-11(7-10)8-14-12(17)15-13(2,3)9-16/h4-7,16H,8-9H2,1-3H3,(H2,14,15,17). The van der Waals surface area contributed by atoms with Crippen molar-refractivity contribution in [3.05, 3.63) is 35.4 Å². The number of nitrogens with one attached hydrogen (secondary N) is 2. The van der Waals surface area contributed by atoms with Crippen LogP contribution in [0.3, 0.4) is 0 Å². The van der Waals surface area contributed by atoms with Gasteiger partial charge < -0.3 is 15.7 Å². The van der Waals surface area contributed by atoms with Crippen LogP contribution < -0.4 is 10.6 Å². The van der Waals surface area contributed by atoms with Crippen molar-refractivity contribution >= 4 is 6.03 Å². The monoisotopic (exact) mass is 236 g/mol. The van der Waals surface area contributed by atoms with Gasteiger partial charge in [0.05, 0.1) is 12.1 Å². The summed E-state index contributed by atoms with van der Waals surface area (Å²) in [6.07, 6.45) is 0. The van der Waals surface area contributed by atoms with E-state index in [-0.39, 0.29) is 12.6 Å². The van der Waals surface area contributed by atoms with E-state index in [4.69, 9.17) is 5.11 Å². The number of amides is 2. The fraction of sp³-hybridized carbons (Fsp3) is 0.462. The van der Waals surface area contributed by atoms with Gasteiger partial charge in [0.2, 0.25) is 0 Å². The minimum Gasteiger partial charge on any atom is -0.394 e. The SMILES string of the molecule is Cc1cccc(CNC(=O)NC(C)(C)CO)c1. The molecule has 0 aliphatic rings. The summed E-state index contributed by atoms with van der Waals surface area (Å²) in [4.78, 5) is 11.5. The summed E-state index contributed by atoms with van der Waals surface area (Å²) in [6.45, 7) is 5.93. The molecule has 1 aromatic carbocycles. The Kier molecular flexibility index (Phi) is 4.52. The summed E-state index contributed by atoms with van der Waals surface area (Å²) in [5.74, 6) is 0. The van der Waals surface area contributed by atoms with Crippen molar-refractivity contribution in [1.29, 1.82) is 0 Å². The van der Waals surface area contributed by atoms with Crippen LogP contribution in [0.2, 0.25) is 0 Å². The number of carbonyl (C=O) groups is 1. The van der Waals surface area contributed by atoms with Crippen molar-refractivity contribution in [2.75, 3.05) is 6.61 Å². The van der Waals surface area contributed by atoms with Crippen LogP contribution in [0.25, 0.3) is 0 Å². The molecule has 0 atom stereocenters. The van der Waals surface area contributed by atoms with Gasteiger partial charge >= 0.3 is 6.03 Å². The first-order chi connectivity index (χ1) is 7.93. The third kappa shape index (κ3) is 4.87. The van der Waals surface area contributed by atoms with E-state index in [0.717, 1.165) is 5.56 Å². The highest BCUT2D eigenvalue weighted by molar-refractivity contribution is 5.74. The number of carbonyl (C=O) groups excluding carboxylic acids is 1. The van der Waals surface area contributed by atoms with Crippen LogP contribution in [0, 0.1) is 6.92 Å². The molecule has 4 nitrogen and oxygen atoms in total. The van der Waals surface area contributed by atoms with Crippen molar-refractivity contribution in [2.45, 2.75) is 32.9 Å². The third-order valence-electron chi connectivity index (χ3n) is 2.38. The van der Waals surface area contributed by atoms with Crippen LogP contribution in [0.4, 0.5) is 4.79 Å². The number of rotatable bonds is 4. The molecule has 2 amide bonds. The molecule has 0 fully saturated rings. The van der Waals surface area contributed by atoms with E-state index in [1.165, 1.54) is 5.56 Å². The highest BCUT2D eigenvalue weighted by Crippen LogP contribution is 2.03. The molecule has 0 aliphatic carbocycles. The van der Waals surface area contributed by atoms with Crippen molar-refractivity contribution in [1.82, 2.24) is 10.6 Å². The predicted molar refractivity (Wildman–Crippen MR) is 67.7 cm³/mol. The lowest BCUT2D eigenvalue weighted by Crippen LogP contribution is -2.50. The molecule has 0 aliphatic heterocycles. The Morgan fingerprint density at radius 3 is 2.71 bits per heavy atom. The molecule has 0 bridgehead atoms. The molecular weight excluding hydrogens is 216 g/mol. The number of hydrogen-bond donors (Lipinski definition) is 3. The maximum atomic E-state index is 11.5. The van der Waals surface area contributed by atoms with Crippen LogP contribution in [0.1, 0.15) is 25.0 Å². The zero-order valence-electron chi connectivity index (χ0n) is 10.6. The number of aliphatic hydroxyl groups is 1. The average molecular weight is 236 g/mol. The van der Waals surface area contributed by atoms with E-state index in [1.807, 2.05) is 31.2 Å². The molecule has 0 aromatic heterocycles. The lowest BCUT2D eigenvalue weighted by Gasteiger charge is -2.23. The Labute approximate surface area is 102 Å².